The number of aromatic nitrogens is 2. The molecule has 3 nitrogen and oxygen atoms in total. The lowest BCUT2D eigenvalue weighted by atomic mass is 9.79. The number of anilines is 1. The first-order valence-corrected chi connectivity index (χ1v) is 7.75. The number of nitrogens with one attached hydrogen (secondary N) is 1. The van der Waals surface area contributed by atoms with E-state index in [1.165, 1.54) is 19.3 Å². The summed E-state index contributed by atoms with van der Waals surface area (Å²) in [4.78, 5) is 8.48. The standard InChI is InChI=1S/C15H24ClN3/c1-4-5-13-14(16)17-9-18-15(13)19-12-7-6-10(2)11(3)8-12/h9-12H,4-8H2,1-3H3,(H,17,18,19). The SMILES string of the molecule is CCCc1c(Cl)ncnc1NC1CCC(C)C(C)C1. The van der Waals surface area contributed by atoms with Crippen LogP contribution >= 0.6 is 11.6 Å². The van der Waals surface area contributed by atoms with Crippen LogP contribution in [-0.2, 0) is 6.42 Å². The van der Waals surface area contributed by atoms with E-state index in [9.17, 15) is 0 Å². The first kappa shape index (κ1) is 14.6. The van der Waals surface area contributed by atoms with Crippen molar-refractivity contribution in [2.75, 3.05) is 5.32 Å². The molecule has 0 aliphatic heterocycles. The molecule has 1 fully saturated rings. The lowest BCUT2D eigenvalue weighted by Gasteiger charge is -2.33. The number of nitrogens with zero attached hydrogens (tertiary/aromatic N) is 2. The molecule has 1 aliphatic rings. The summed E-state index contributed by atoms with van der Waals surface area (Å²) >= 11 is 6.19. The molecule has 4 heteroatoms. The molecule has 2 rings (SSSR count). The molecule has 1 saturated carbocycles. The third-order valence-electron chi connectivity index (χ3n) is 4.33. The van der Waals surface area contributed by atoms with Gasteiger partial charge in [-0.3, -0.25) is 0 Å². The van der Waals surface area contributed by atoms with Gasteiger partial charge in [0.2, 0.25) is 0 Å². The summed E-state index contributed by atoms with van der Waals surface area (Å²) in [5.41, 5.74) is 1.07. The predicted octanol–water partition coefficient (Wildman–Crippen LogP) is 4.32. The van der Waals surface area contributed by atoms with Gasteiger partial charge in [-0.2, -0.15) is 0 Å². The van der Waals surface area contributed by atoms with E-state index in [4.69, 9.17) is 11.6 Å². The molecule has 1 N–H and O–H groups in total. The topological polar surface area (TPSA) is 37.8 Å². The quantitative estimate of drug-likeness (QED) is 0.835. The van der Waals surface area contributed by atoms with Crippen LogP contribution in [0.25, 0.3) is 0 Å². The average molecular weight is 282 g/mol. The van der Waals surface area contributed by atoms with E-state index < -0.39 is 0 Å². The van der Waals surface area contributed by atoms with Crippen LogP contribution in [0.3, 0.4) is 0 Å². The first-order valence-electron chi connectivity index (χ1n) is 7.37. The van der Waals surface area contributed by atoms with Crippen molar-refractivity contribution in [1.82, 2.24) is 9.97 Å². The van der Waals surface area contributed by atoms with Crippen molar-refractivity contribution < 1.29 is 0 Å². The molecule has 0 spiro atoms. The zero-order valence-corrected chi connectivity index (χ0v) is 12.9. The Kier molecular flexibility index (Phi) is 5.03. The maximum atomic E-state index is 6.19. The van der Waals surface area contributed by atoms with Crippen LogP contribution in [0.1, 0.15) is 52.0 Å². The molecule has 0 bridgehead atoms. The third-order valence-corrected chi connectivity index (χ3v) is 4.66. The molecule has 0 aromatic carbocycles. The Bertz CT molecular complexity index is 422. The highest BCUT2D eigenvalue weighted by Gasteiger charge is 2.25. The highest BCUT2D eigenvalue weighted by molar-refractivity contribution is 6.30. The van der Waals surface area contributed by atoms with E-state index in [0.29, 0.717) is 11.2 Å². The molecule has 1 aliphatic carbocycles. The lowest BCUT2D eigenvalue weighted by molar-refractivity contribution is 0.260. The highest BCUT2D eigenvalue weighted by Crippen LogP contribution is 2.32. The number of halogens is 1. The van der Waals surface area contributed by atoms with Crippen LogP contribution in [0.15, 0.2) is 6.33 Å². The van der Waals surface area contributed by atoms with Crippen molar-refractivity contribution in [2.24, 2.45) is 11.8 Å². The first-order chi connectivity index (χ1) is 9.11. The van der Waals surface area contributed by atoms with E-state index in [0.717, 1.165) is 36.1 Å². The number of rotatable bonds is 4. The zero-order valence-electron chi connectivity index (χ0n) is 12.1. The van der Waals surface area contributed by atoms with E-state index in [-0.39, 0.29) is 0 Å². The number of hydrogen-bond acceptors (Lipinski definition) is 3. The van der Waals surface area contributed by atoms with Crippen LogP contribution in [-0.4, -0.2) is 16.0 Å². The summed E-state index contributed by atoms with van der Waals surface area (Å²) in [6.45, 7) is 6.85. The Balaban J connectivity index is 2.08. The van der Waals surface area contributed by atoms with Gasteiger partial charge in [-0.1, -0.05) is 38.8 Å². The molecule has 1 aromatic rings. The van der Waals surface area contributed by atoms with Crippen molar-refractivity contribution in [1.29, 1.82) is 0 Å². The van der Waals surface area contributed by atoms with E-state index >= 15 is 0 Å². The predicted molar refractivity (Wildman–Crippen MR) is 80.6 cm³/mol. The van der Waals surface area contributed by atoms with Gasteiger partial charge in [0.25, 0.3) is 0 Å². The average Bonchev–Trinajstić information content (AvgIpc) is 2.38. The van der Waals surface area contributed by atoms with Crippen LogP contribution in [0.4, 0.5) is 5.82 Å². The Morgan fingerprint density at radius 3 is 2.74 bits per heavy atom. The second-order valence-electron chi connectivity index (χ2n) is 5.85. The molecular weight excluding hydrogens is 258 g/mol. The molecule has 19 heavy (non-hydrogen) atoms. The maximum absolute atomic E-state index is 6.19. The fraction of sp³-hybridized carbons (Fsp3) is 0.733. The van der Waals surface area contributed by atoms with Crippen molar-refractivity contribution >= 4 is 17.4 Å². The van der Waals surface area contributed by atoms with Crippen molar-refractivity contribution in [3.05, 3.63) is 17.0 Å². The Hall–Kier alpha value is -0.830. The van der Waals surface area contributed by atoms with Gasteiger partial charge in [-0.25, -0.2) is 9.97 Å². The maximum Gasteiger partial charge on any atom is 0.137 e. The summed E-state index contributed by atoms with van der Waals surface area (Å²) in [7, 11) is 0. The number of hydrogen-bond donors (Lipinski definition) is 1. The van der Waals surface area contributed by atoms with Crippen molar-refractivity contribution in [2.45, 2.75) is 58.9 Å². The molecule has 1 aromatic heterocycles. The summed E-state index contributed by atoms with van der Waals surface area (Å²) in [5, 5.41) is 4.18. The van der Waals surface area contributed by atoms with Gasteiger partial charge in [0.1, 0.15) is 17.3 Å². The molecule has 3 atom stereocenters. The van der Waals surface area contributed by atoms with Crippen molar-refractivity contribution in [3.63, 3.8) is 0 Å². The monoisotopic (exact) mass is 281 g/mol. The summed E-state index contributed by atoms with van der Waals surface area (Å²) in [5.74, 6) is 2.55. The minimum absolute atomic E-state index is 0.521. The largest absolute Gasteiger partial charge is 0.367 e. The van der Waals surface area contributed by atoms with Crippen LogP contribution in [0.5, 0.6) is 0 Å². The molecule has 1 heterocycles. The lowest BCUT2D eigenvalue weighted by Crippen LogP contribution is -2.31. The molecule has 106 valence electrons. The van der Waals surface area contributed by atoms with Gasteiger partial charge in [0.05, 0.1) is 0 Å². The minimum atomic E-state index is 0.521. The Labute approximate surface area is 121 Å². The highest BCUT2D eigenvalue weighted by atomic mass is 35.5. The van der Waals surface area contributed by atoms with Gasteiger partial charge in [-0.15, -0.1) is 0 Å². The van der Waals surface area contributed by atoms with Gasteiger partial charge in [0.15, 0.2) is 0 Å². The van der Waals surface area contributed by atoms with Crippen LogP contribution in [0, 0.1) is 11.8 Å². The van der Waals surface area contributed by atoms with Gasteiger partial charge >= 0.3 is 0 Å². The minimum Gasteiger partial charge on any atom is -0.367 e. The third kappa shape index (κ3) is 3.59. The molecular formula is C15H24ClN3. The van der Waals surface area contributed by atoms with E-state index in [1.54, 1.807) is 6.33 Å². The summed E-state index contributed by atoms with van der Waals surface area (Å²) in [6, 6.07) is 0.521. The normalized spacial score (nSPS) is 27.3. The summed E-state index contributed by atoms with van der Waals surface area (Å²) in [6.07, 6.45) is 7.27. The Morgan fingerprint density at radius 2 is 2.05 bits per heavy atom. The second-order valence-corrected chi connectivity index (χ2v) is 6.21. The smallest absolute Gasteiger partial charge is 0.137 e. The fourth-order valence-electron chi connectivity index (χ4n) is 2.86. The van der Waals surface area contributed by atoms with Gasteiger partial charge in [-0.05, 0) is 37.5 Å². The molecule has 0 amide bonds. The van der Waals surface area contributed by atoms with Gasteiger partial charge in [0, 0.05) is 11.6 Å². The van der Waals surface area contributed by atoms with E-state index in [2.05, 4.69) is 36.1 Å². The van der Waals surface area contributed by atoms with E-state index in [1.807, 2.05) is 0 Å². The summed E-state index contributed by atoms with van der Waals surface area (Å²) < 4.78 is 0. The molecule has 0 saturated heterocycles. The molecule has 0 radical (unpaired) electrons. The fourth-order valence-corrected chi connectivity index (χ4v) is 3.09. The second kappa shape index (κ2) is 6.56. The van der Waals surface area contributed by atoms with Crippen LogP contribution in [0.2, 0.25) is 5.15 Å². The van der Waals surface area contributed by atoms with Crippen molar-refractivity contribution in [3.8, 4) is 0 Å². The van der Waals surface area contributed by atoms with Crippen LogP contribution < -0.4 is 5.32 Å². The zero-order chi connectivity index (χ0) is 13.8. The van der Waals surface area contributed by atoms with Gasteiger partial charge < -0.3 is 5.32 Å². The molecule has 3 unspecified atom stereocenters. The Morgan fingerprint density at radius 1 is 1.26 bits per heavy atom.